The van der Waals surface area contributed by atoms with E-state index < -0.39 is 10.0 Å². The SMILES string of the molecule is CC(C)n1nc(C(=O)NCC2CCN(CCNS(C)(=O)=O)CC2)c2ccccc21.Cl. The van der Waals surface area contributed by atoms with Crippen LogP contribution in [0, 0.1) is 5.92 Å². The molecule has 1 fully saturated rings. The predicted molar refractivity (Wildman–Crippen MR) is 122 cm³/mol. The van der Waals surface area contributed by atoms with Crippen molar-refractivity contribution in [2.24, 2.45) is 5.92 Å². The van der Waals surface area contributed by atoms with Crippen molar-refractivity contribution < 1.29 is 13.2 Å². The fourth-order valence-electron chi connectivity index (χ4n) is 3.77. The first-order valence-electron chi connectivity index (χ1n) is 10.2. The number of hydrogen-bond donors (Lipinski definition) is 2. The Morgan fingerprint density at radius 2 is 1.90 bits per heavy atom. The fourth-order valence-corrected chi connectivity index (χ4v) is 4.24. The van der Waals surface area contributed by atoms with Gasteiger partial charge in [-0.25, -0.2) is 13.1 Å². The van der Waals surface area contributed by atoms with E-state index in [9.17, 15) is 13.2 Å². The van der Waals surface area contributed by atoms with Gasteiger partial charge in [-0.3, -0.25) is 9.48 Å². The molecular formula is C20H32ClN5O3S. The highest BCUT2D eigenvalue weighted by molar-refractivity contribution is 7.88. The minimum absolute atomic E-state index is 0. The highest BCUT2D eigenvalue weighted by Gasteiger charge is 2.22. The smallest absolute Gasteiger partial charge is 0.272 e. The van der Waals surface area contributed by atoms with Crippen LogP contribution < -0.4 is 10.0 Å². The van der Waals surface area contributed by atoms with E-state index in [1.807, 2.05) is 28.9 Å². The van der Waals surface area contributed by atoms with E-state index in [2.05, 4.69) is 33.9 Å². The number of nitrogens with one attached hydrogen (secondary N) is 2. The number of nitrogens with zero attached hydrogens (tertiary/aromatic N) is 3. The van der Waals surface area contributed by atoms with Crippen LogP contribution in [0.25, 0.3) is 10.9 Å². The molecule has 30 heavy (non-hydrogen) atoms. The summed E-state index contributed by atoms with van der Waals surface area (Å²) in [5.74, 6) is 0.303. The molecule has 0 spiro atoms. The highest BCUT2D eigenvalue weighted by Crippen LogP contribution is 2.22. The number of aromatic nitrogens is 2. The zero-order valence-corrected chi connectivity index (χ0v) is 19.4. The molecule has 0 aliphatic carbocycles. The minimum atomic E-state index is -3.13. The van der Waals surface area contributed by atoms with E-state index in [1.165, 1.54) is 6.26 Å². The van der Waals surface area contributed by atoms with Crippen molar-refractivity contribution in [1.82, 2.24) is 24.7 Å². The van der Waals surface area contributed by atoms with Gasteiger partial charge >= 0.3 is 0 Å². The number of carbonyl (C=O) groups is 1. The summed E-state index contributed by atoms with van der Waals surface area (Å²) in [5.41, 5.74) is 1.46. The monoisotopic (exact) mass is 457 g/mol. The van der Waals surface area contributed by atoms with Crippen LogP contribution in [0.5, 0.6) is 0 Å². The Morgan fingerprint density at radius 1 is 1.23 bits per heavy atom. The van der Waals surface area contributed by atoms with Crippen LogP contribution in [-0.4, -0.2) is 68.0 Å². The molecule has 0 radical (unpaired) electrons. The van der Waals surface area contributed by atoms with E-state index in [1.54, 1.807) is 0 Å². The van der Waals surface area contributed by atoms with E-state index in [-0.39, 0.29) is 24.4 Å². The Kier molecular flexibility index (Phi) is 8.66. The number of fused-ring (bicyclic) bond motifs is 1. The van der Waals surface area contributed by atoms with Crippen molar-refractivity contribution in [3.63, 3.8) is 0 Å². The molecule has 1 amide bonds. The number of piperidine rings is 1. The van der Waals surface area contributed by atoms with Gasteiger partial charge in [0.2, 0.25) is 10.0 Å². The average Bonchev–Trinajstić information content (AvgIpc) is 3.06. The van der Waals surface area contributed by atoms with Crippen molar-refractivity contribution in [2.45, 2.75) is 32.7 Å². The van der Waals surface area contributed by atoms with Crippen LogP contribution in [0.2, 0.25) is 0 Å². The van der Waals surface area contributed by atoms with Crippen LogP contribution in [-0.2, 0) is 10.0 Å². The maximum Gasteiger partial charge on any atom is 0.272 e. The van der Waals surface area contributed by atoms with Gasteiger partial charge in [-0.15, -0.1) is 12.4 Å². The summed E-state index contributed by atoms with van der Waals surface area (Å²) in [6.45, 7) is 7.72. The summed E-state index contributed by atoms with van der Waals surface area (Å²) in [6.07, 6.45) is 3.15. The van der Waals surface area contributed by atoms with E-state index in [4.69, 9.17) is 0 Å². The van der Waals surface area contributed by atoms with Crippen molar-refractivity contribution in [2.75, 3.05) is 39.0 Å². The molecule has 10 heteroatoms. The van der Waals surface area contributed by atoms with Crippen LogP contribution in [0.4, 0.5) is 0 Å². The topological polar surface area (TPSA) is 96.3 Å². The number of rotatable bonds is 8. The molecule has 0 atom stereocenters. The van der Waals surface area contributed by atoms with Gasteiger partial charge in [0.25, 0.3) is 5.91 Å². The van der Waals surface area contributed by atoms with E-state index in [0.29, 0.717) is 31.2 Å². The summed E-state index contributed by atoms with van der Waals surface area (Å²) in [4.78, 5) is 15.0. The first kappa shape index (κ1) is 24.6. The van der Waals surface area contributed by atoms with Gasteiger partial charge in [-0.1, -0.05) is 18.2 Å². The fraction of sp³-hybridized carbons (Fsp3) is 0.600. The Hall–Kier alpha value is -1.68. The van der Waals surface area contributed by atoms with Gasteiger partial charge in [0.05, 0.1) is 11.8 Å². The molecule has 1 saturated heterocycles. The van der Waals surface area contributed by atoms with E-state index >= 15 is 0 Å². The van der Waals surface area contributed by atoms with Gasteiger partial charge in [0, 0.05) is 31.1 Å². The third-order valence-electron chi connectivity index (χ3n) is 5.37. The van der Waals surface area contributed by atoms with Crippen LogP contribution in [0.3, 0.4) is 0 Å². The quantitative estimate of drug-likeness (QED) is 0.632. The van der Waals surface area contributed by atoms with Crippen molar-refractivity contribution in [3.8, 4) is 0 Å². The number of sulfonamides is 1. The standard InChI is InChI=1S/C20H31N5O3S.ClH/c1-15(2)25-18-7-5-4-6-17(18)19(23-25)20(26)21-14-16-8-11-24(12-9-16)13-10-22-29(3,27)28;/h4-7,15-16,22H,8-14H2,1-3H3,(H,21,26);1H. The molecule has 2 heterocycles. The number of benzene rings is 1. The Balaban J connectivity index is 0.00000320. The average molecular weight is 458 g/mol. The third-order valence-corrected chi connectivity index (χ3v) is 6.10. The van der Waals surface area contributed by atoms with Gasteiger partial charge in [-0.2, -0.15) is 5.10 Å². The first-order valence-corrected chi connectivity index (χ1v) is 12.1. The molecule has 0 saturated carbocycles. The van der Waals surface area contributed by atoms with Gasteiger partial charge in [0.15, 0.2) is 5.69 Å². The zero-order chi connectivity index (χ0) is 21.0. The number of para-hydroxylation sites is 1. The van der Waals surface area contributed by atoms with E-state index in [0.717, 1.165) is 36.8 Å². The maximum atomic E-state index is 12.8. The van der Waals surface area contributed by atoms with Crippen LogP contribution in [0.1, 0.15) is 43.2 Å². The first-order chi connectivity index (χ1) is 13.7. The molecule has 1 aromatic carbocycles. The van der Waals surface area contributed by atoms with Gasteiger partial charge in [-0.05, 0) is 51.8 Å². The second kappa shape index (κ2) is 10.6. The molecular weight excluding hydrogens is 426 g/mol. The van der Waals surface area contributed by atoms with Crippen LogP contribution in [0.15, 0.2) is 24.3 Å². The van der Waals surface area contributed by atoms with Gasteiger partial charge < -0.3 is 10.2 Å². The maximum absolute atomic E-state index is 12.8. The lowest BCUT2D eigenvalue weighted by Crippen LogP contribution is -2.41. The Labute approximate surface area is 184 Å². The summed E-state index contributed by atoms with van der Waals surface area (Å²) >= 11 is 0. The molecule has 1 aliphatic rings. The Bertz CT molecular complexity index is 953. The summed E-state index contributed by atoms with van der Waals surface area (Å²) in [7, 11) is -3.13. The lowest BCUT2D eigenvalue weighted by atomic mass is 9.96. The lowest BCUT2D eigenvalue weighted by Gasteiger charge is -2.31. The third kappa shape index (κ3) is 6.41. The largest absolute Gasteiger partial charge is 0.350 e. The molecule has 1 aromatic heterocycles. The van der Waals surface area contributed by atoms with Gasteiger partial charge in [0.1, 0.15) is 0 Å². The second-order valence-corrected chi connectivity index (χ2v) is 9.90. The molecule has 2 aromatic rings. The molecule has 0 unspecified atom stereocenters. The zero-order valence-electron chi connectivity index (χ0n) is 17.8. The predicted octanol–water partition coefficient (Wildman–Crippen LogP) is 2.03. The number of hydrogen-bond acceptors (Lipinski definition) is 5. The number of amides is 1. The second-order valence-electron chi connectivity index (χ2n) is 8.07. The number of halogens is 1. The Morgan fingerprint density at radius 3 is 2.53 bits per heavy atom. The highest BCUT2D eigenvalue weighted by atomic mass is 35.5. The molecule has 168 valence electrons. The summed E-state index contributed by atoms with van der Waals surface area (Å²) in [5, 5.41) is 8.51. The van der Waals surface area contributed by atoms with Crippen molar-refractivity contribution >= 4 is 39.2 Å². The number of likely N-dealkylation sites (tertiary alicyclic amines) is 1. The van der Waals surface area contributed by atoms with Crippen molar-refractivity contribution in [1.29, 1.82) is 0 Å². The summed E-state index contributed by atoms with van der Waals surface area (Å²) in [6, 6.07) is 8.01. The summed E-state index contributed by atoms with van der Waals surface area (Å²) < 4.78 is 26.7. The lowest BCUT2D eigenvalue weighted by molar-refractivity contribution is 0.0932. The molecule has 1 aliphatic heterocycles. The van der Waals surface area contributed by atoms with Crippen LogP contribution >= 0.6 is 12.4 Å². The normalized spacial score (nSPS) is 16.0. The molecule has 8 nitrogen and oxygen atoms in total. The number of carbonyl (C=O) groups excluding carboxylic acids is 1. The molecule has 0 bridgehead atoms. The molecule has 3 rings (SSSR count). The minimum Gasteiger partial charge on any atom is -0.350 e. The van der Waals surface area contributed by atoms with Crippen molar-refractivity contribution in [3.05, 3.63) is 30.0 Å². The molecule has 2 N–H and O–H groups in total.